The third-order valence-electron chi connectivity index (χ3n) is 18.6. The quantitative estimate of drug-likeness (QED) is 0.0304. The molecule has 0 aromatic heterocycles. The van der Waals surface area contributed by atoms with Crippen LogP contribution in [-0.2, 0) is 49.3 Å². The van der Waals surface area contributed by atoms with Gasteiger partial charge in [-0.05, 0) is 93.3 Å². The van der Waals surface area contributed by atoms with E-state index >= 15 is 0 Å². The number of nitrogens with one attached hydrogen (secondary N) is 5. The molecule has 2 aromatic rings. The highest BCUT2D eigenvalue weighted by Crippen LogP contribution is 2.45. The fourth-order valence-corrected chi connectivity index (χ4v) is 13.8. The molecular formula is C59H84N10O19S. The standard InChI is InChI=1S/C59H84N10O19S/c1-32-30-69-50(51(32)76)56(81)61-28-39(71)26-41(62-52(77)35-11-13-37(14-12-35)66-20-22-67(23-21-66)38-16-18-59(85-4,19-17-38)36-8-6-5-7-9-36)53(78)63-47(33(2)70)57(82)68-31-40(72)27-42(68)54(79)64-48(55(80)65-49(58(69)83)45(75)29-60-3)44(74)24-34-10-15-43(73)46(25-34)86-89-88-87-84/h10-15,25,32-33,36,38-42,44-45,47-51,70-76,84H,5-9,16-24,26-31H2,1-2,4H3,(H,61,81)(H,62,77)(H,63,78)(H,64,79)(H,65,80)/t32-,33+,38?,39+,40+,41+,42+,44-,45-,47+,48+,49+,50+,51+,59?/m1/s1. The van der Waals surface area contributed by atoms with Crippen LogP contribution in [-0.4, -0.2) is 241 Å². The van der Waals surface area contributed by atoms with Gasteiger partial charge < -0.3 is 90.8 Å². The number of rotatable bonds is 16. The van der Waals surface area contributed by atoms with E-state index in [-0.39, 0.29) is 41.3 Å². The summed E-state index contributed by atoms with van der Waals surface area (Å²) in [5.41, 5.74) is 1.06. The maximum absolute atomic E-state index is 14.6. The lowest BCUT2D eigenvalue weighted by Gasteiger charge is -2.49. The fraction of sp³-hybridized carbons (Fsp3) is 0.661. The molecule has 13 N–H and O–H groups in total. The van der Waals surface area contributed by atoms with Gasteiger partial charge in [-0.15, -0.1) is 0 Å². The van der Waals surface area contributed by atoms with Gasteiger partial charge in [0, 0.05) is 95.4 Å². The van der Waals surface area contributed by atoms with Crippen LogP contribution in [0.2, 0.25) is 0 Å². The highest BCUT2D eigenvalue weighted by Gasteiger charge is 2.51. The second-order valence-corrected chi connectivity index (χ2v) is 24.8. The number of aliphatic hydroxyl groups excluding tert-OH is 6. The Morgan fingerprint density at radius 2 is 1.46 bits per heavy atom. The first-order chi connectivity index (χ1) is 42.6. The van der Waals surface area contributed by atoms with Crippen molar-refractivity contribution < 1.29 is 92.9 Å². The molecular weight excluding hydrogens is 1180 g/mol. The number of hydrogen-bond acceptors (Lipinski definition) is 22. The van der Waals surface area contributed by atoms with E-state index < -0.39 is 165 Å². The van der Waals surface area contributed by atoms with Crippen molar-refractivity contribution in [2.24, 2.45) is 11.8 Å². The van der Waals surface area contributed by atoms with Gasteiger partial charge in [0.2, 0.25) is 42.0 Å². The van der Waals surface area contributed by atoms with Crippen LogP contribution in [0.3, 0.4) is 0 Å². The zero-order valence-electron chi connectivity index (χ0n) is 50.1. The summed E-state index contributed by atoms with van der Waals surface area (Å²) < 4.78 is 15.6. The normalized spacial score (nSPS) is 31.2. The molecule has 0 spiro atoms. The Morgan fingerprint density at radius 3 is 2.11 bits per heavy atom. The SMILES string of the molecule is [C-]#[N+]C[C@@H](O)[C@@H]1NC(=O)[C@H]([C@H](O)Cc2ccc(O)c(OSOOO)c2)NC(=O)[C@@H]2C[C@H](O)CN2C(=O)[C@H]([C@H](C)O)NC(=O)[C@@H](NC(=O)c2ccc(N3CCN(C4CCC(OC)(C5CCCCC5)CC4)CC3)cc2)C[C@H](O)CNC(=O)[C@@H]2[C@@H](O)[C@H](C)CN2C1=O. The van der Waals surface area contributed by atoms with Gasteiger partial charge in [-0.1, -0.05) is 41.6 Å². The summed E-state index contributed by atoms with van der Waals surface area (Å²) >= 11 is 0.0769. The Kier molecular flexibility index (Phi) is 23.9. The summed E-state index contributed by atoms with van der Waals surface area (Å²) in [6, 6.07) is -0.506. The topological polar surface area (TPSA) is 396 Å². The van der Waals surface area contributed by atoms with Gasteiger partial charge in [0.05, 0.1) is 36.1 Å². The number of hydrogen-bond donors (Lipinski definition) is 13. The summed E-state index contributed by atoms with van der Waals surface area (Å²) in [4.78, 5) is 111. The number of carbonyl (C=O) groups is 7. The molecule has 8 rings (SSSR count). The number of anilines is 1. The van der Waals surface area contributed by atoms with Gasteiger partial charge in [-0.3, -0.25) is 38.5 Å². The number of aliphatic hydroxyl groups is 6. The average Bonchev–Trinajstić information content (AvgIpc) is 2.04. The number of ether oxygens (including phenoxy) is 1. The van der Waals surface area contributed by atoms with Crippen molar-refractivity contribution in [1.82, 2.24) is 41.3 Å². The number of nitrogens with zero attached hydrogens (tertiary/aromatic N) is 5. The molecule has 4 saturated heterocycles. The number of fused-ring (bicyclic) bond motifs is 2. The van der Waals surface area contributed by atoms with Crippen molar-refractivity contribution in [2.45, 2.75) is 175 Å². The van der Waals surface area contributed by atoms with Crippen LogP contribution in [0.25, 0.3) is 4.85 Å². The Labute approximate surface area is 519 Å². The molecule has 30 heteroatoms. The first-order valence-electron chi connectivity index (χ1n) is 30.4. The van der Waals surface area contributed by atoms with Gasteiger partial charge in [-0.25, -0.2) is 11.8 Å². The summed E-state index contributed by atoms with van der Waals surface area (Å²) in [6.45, 7) is 11.0. The van der Waals surface area contributed by atoms with Gasteiger partial charge >= 0.3 is 0 Å². The van der Waals surface area contributed by atoms with Crippen LogP contribution in [0.1, 0.15) is 100 Å². The maximum atomic E-state index is 14.6. The minimum Gasteiger partial charge on any atom is -0.504 e. The van der Waals surface area contributed by atoms with Crippen molar-refractivity contribution >= 4 is 59.4 Å². The number of phenolic OH excluding ortho intramolecular Hbond substituents is 1. The molecule has 0 unspecified atom stereocenters. The van der Waals surface area contributed by atoms with E-state index in [0.717, 1.165) is 80.3 Å². The number of piperazine rings is 1. The third kappa shape index (κ3) is 16.5. The van der Waals surface area contributed by atoms with Gasteiger partial charge in [0.25, 0.3) is 18.2 Å². The molecule has 29 nitrogen and oxygen atoms in total. The zero-order chi connectivity index (χ0) is 64.3. The van der Waals surface area contributed by atoms with E-state index in [2.05, 4.69) is 50.6 Å². The number of amides is 7. The van der Waals surface area contributed by atoms with Crippen LogP contribution in [0.15, 0.2) is 42.5 Å². The summed E-state index contributed by atoms with van der Waals surface area (Å²) in [5, 5.41) is 103. The average molecular weight is 1270 g/mol. The van der Waals surface area contributed by atoms with E-state index in [0.29, 0.717) is 12.0 Å². The number of β-amino-alcohol motifs (C(OH)–C–C–N with tert-alkyl or cyclic N) is 1. The number of carbonyl (C=O) groups excluding carboxylic acids is 7. The molecule has 490 valence electrons. The summed E-state index contributed by atoms with van der Waals surface area (Å²) in [7, 11) is 1.87. The van der Waals surface area contributed by atoms with Crippen LogP contribution in [0.4, 0.5) is 5.69 Å². The fourth-order valence-electron chi connectivity index (χ4n) is 13.6. The van der Waals surface area contributed by atoms with Crippen molar-refractivity contribution in [3.63, 3.8) is 0 Å². The number of methoxy groups -OCH3 is 1. The first kappa shape index (κ1) is 68.4. The second kappa shape index (κ2) is 31.0. The highest BCUT2D eigenvalue weighted by atomic mass is 32.2. The van der Waals surface area contributed by atoms with Crippen molar-refractivity contribution in [1.29, 1.82) is 0 Å². The smallest absolute Gasteiger partial charge is 0.261 e. The van der Waals surface area contributed by atoms with Crippen molar-refractivity contribution in [2.75, 3.05) is 64.4 Å². The molecule has 89 heavy (non-hydrogen) atoms. The molecule has 0 radical (unpaired) electrons. The molecule has 4 aliphatic heterocycles. The lowest BCUT2D eigenvalue weighted by atomic mass is 9.68. The molecule has 2 aliphatic carbocycles. The molecule has 6 fully saturated rings. The van der Waals surface area contributed by atoms with E-state index in [4.69, 9.17) is 20.7 Å². The Balaban J connectivity index is 1.03. The Bertz CT molecular complexity index is 2830. The molecule has 13 atom stereocenters. The predicted octanol–water partition coefficient (Wildman–Crippen LogP) is -1.35. The van der Waals surface area contributed by atoms with Crippen LogP contribution < -0.4 is 35.7 Å². The van der Waals surface area contributed by atoms with Crippen LogP contribution in [0.5, 0.6) is 11.5 Å². The third-order valence-corrected chi connectivity index (χ3v) is 18.9. The molecule has 0 bridgehead atoms. The van der Waals surface area contributed by atoms with Gasteiger partial charge in [-0.2, -0.15) is 0 Å². The molecule has 2 saturated carbocycles. The molecule has 2 aromatic carbocycles. The summed E-state index contributed by atoms with van der Waals surface area (Å²) in [5.74, 6) is -8.77. The molecule has 7 amide bonds. The van der Waals surface area contributed by atoms with Gasteiger partial charge in [0.1, 0.15) is 36.3 Å². The maximum Gasteiger partial charge on any atom is 0.261 e. The number of phenols is 1. The first-order valence-corrected chi connectivity index (χ1v) is 31.0. The number of aromatic hydroxyl groups is 1. The molecule has 6 aliphatic rings. The molecule has 4 heterocycles. The zero-order valence-corrected chi connectivity index (χ0v) is 50.9. The van der Waals surface area contributed by atoms with E-state index in [9.17, 15) is 69.3 Å². The van der Waals surface area contributed by atoms with E-state index in [1.165, 1.54) is 51.2 Å². The minimum absolute atomic E-state index is 0.0333. The van der Waals surface area contributed by atoms with Crippen molar-refractivity contribution in [3.8, 4) is 11.5 Å². The largest absolute Gasteiger partial charge is 0.504 e. The second-order valence-electron chi connectivity index (χ2n) is 24.3. The summed E-state index contributed by atoms with van der Waals surface area (Å²) in [6.07, 6.45) is -1.51. The number of benzene rings is 2. The van der Waals surface area contributed by atoms with Crippen molar-refractivity contribution in [3.05, 3.63) is 65.0 Å². The van der Waals surface area contributed by atoms with Crippen LogP contribution >= 0.6 is 12.3 Å². The predicted molar refractivity (Wildman–Crippen MR) is 316 cm³/mol. The monoisotopic (exact) mass is 1270 g/mol. The highest BCUT2D eigenvalue weighted by molar-refractivity contribution is 7.90. The Morgan fingerprint density at radius 1 is 0.798 bits per heavy atom. The van der Waals surface area contributed by atoms with E-state index in [1.807, 2.05) is 7.11 Å². The van der Waals surface area contributed by atoms with Crippen LogP contribution in [0, 0.1) is 18.4 Å². The minimum atomic E-state index is -2.14. The van der Waals surface area contributed by atoms with Gasteiger partial charge in [0.15, 0.2) is 17.6 Å². The van der Waals surface area contributed by atoms with E-state index in [1.54, 1.807) is 24.3 Å². The lowest BCUT2D eigenvalue weighted by Crippen LogP contribution is -2.64. The lowest BCUT2D eigenvalue weighted by molar-refractivity contribution is -0.433. The Hall–Kier alpha value is -6.47.